The van der Waals surface area contributed by atoms with Crippen molar-refractivity contribution >= 4 is 22.5 Å². The van der Waals surface area contributed by atoms with Gasteiger partial charge in [0.15, 0.2) is 0 Å². The molecule has 0 amide bonds. The standard InChI is InChI=1S/C14H16N4O2/c15-7-1-3-10-9(5-7)13(19)18-14(16-10)17-11-6-8-2-4-12(11)20-8/h1,3,5,8,11-12H,2,4,6,15H2,(H2,16,17,18,19). The van der Waals surface area contributed by atoms with Gasteiger partial charge in [-0.15, -0.1) is 0 Å². The van der Waals surface area contributed by atoms with Gasteiger partial charge in [0.2, 0.25) is 5.95 Å². The van der Waals surface area contributed by atoms with E-state index in [4.69, 9.17) is 10.5 Å². The molecular weight excluding hydrogens is 256 g/mol. The van der Waals surface area contributed by atoms with Crippen molar-refractivity contribution in [3.05, 3.63) is 28.6 Å². The zero-order chi connectivity index (χ0) is 13.7. The summed E-state index contributed by atoms with van der Waals surface area (Å²) in [5, 5.41) is 3.81. The van der Waals surface area contributed by atoms with Crippen LogP contribution in [-0.2, 0) is 4.74 Å². The van der Waals surface area contributed by atoms with Crippen molar-refractivity contribution in [1.29, 1.82) is 0 Å². The predicted octanol–water partition coefficient (Wildman–Crippen LogP) is 1.24. The van der Waals surface area contributed by atoms with Crippen LogP contribution >= 0.6 is 0 Å². The number of fused-ring (bicyclic) bond motifs is 3. The van der Waals surface area contributed by atoms with Crippen LogP contribution in [0.15, 0.2) is 23.0 Å². The highest BCUT2D eigenvalue weighted by Crippen LogP contribution is 2.35. The smallest absolute Gasteiger partial charge is 0.260 e. The first-order valence-electron chi connectivity index (χ1n) is 6.90. The van der Waals surface area contributed by atoms with Crippen molar-refractivity contribution in [1.82, 2.24) is 9.97 Å². The molecule has 6 heteroatoms. The first kappa shape index (κ1) is 11.7. The van der Waals surface area contributed by atoms with E-state index >= 15 is 0 Å². The van der Waals surface area contributed by atoms with Gasteiger partial charge in [0, 0.05) is 5.69 Å². The third-order valence-corrected chi connectivity index (χ3v) is 4.16. The molecule has 3 heterocycles. The van der Waals surface area contributed by atoms with Gasteiger partial charge in [0.05, 0.1) is 29.2 Å². The average molecular weight is 272 g/mol. The Morgan fingerprint density at radius 2 is 2.30 bits per heavy atom. The predicted molar refractivity (Wildman–Crippen MR) is 76.7 cm³/mol. The van der Waals surface area contributed by atoms with Crippen molar-refractivity contribution in [3.63, 3.8) is 0 Å². The number of hydrogen-bond acceptors (Lipinski definition) is 5. The topological polar surface area (TPSA) is 93.0 Å². The van der Waals surface area contributed by atoms with Crippen LogP contribution in [-0.4, -0.2) is 28.2 Å². The van der Waals surface area contributed by atoms with Crippen LogP contribution in [0.4, 0.5) is 11.6 Å². The summed E-state index contributed by atoms with van der Waals surface area (Å²) in [6.07, 6.45) is 3.81. The minimum atomic E-state index is -0.172. The maximum atomic E-state index is 12.1. The molecule has 2 aromatic rings. The Bertz CT molecular complexity index is 727. The van der Waals surface area contributed by atoms with Crippen molar-refractivity contribution in [2.75, 3.05) is 11.1 Å². The molecule has 2 aliphatic heterocycles. The number of hydrogen-bond donors (Lipinski definition) is 3. The zero-order valence-electron chi connectivity index (χ0n) is 10.9. The lowest BCUT2D eigenvalue weighted by atomic mass is 9.96. The van der Waals surface area contributed by atoms with Crippen LogP contribution in [0.25, 0.3) is 10.9 Å². The molecule has 0 aliphatic carbocycles. The Balaban J connectivity index is 1.67. The van der Waals surface area contributed by atoms with Gasteiger partial charge >= 0.3 is 0 Å². The summed E-state index contributed by atoms with van der Waals surface area (Å²) in [4.78, 5) is 19.3. The van der Waals surface area contributed by atoms with Crippen molar-refractivity contribution in [2.24, 2.45) is 0 Å². The second kappa shape index (κ2) is 4.21. The average Bonchev–Trinajstić information content (AvgIpc) is 3.02. The van der Waals surface area contributed by atoms with Crippen molar-refractivity contribution < 1.29 is 4.74 Å². The number of benzene rings is 1. The SMILES string of the molecule is Nc1ccc2nc(NC3CC4CCC3O4)[nH]c(=O)c2c1. The van der Waals surface area contributed by atoms with Crippen molar-refractivity contribution in [2.45, 2.75) is 37.5 Å². The fourth-order valence-corrected chi connectivity index (χ4v) is 3.19. The minimum absolute atomic E-state index is 0.172. The number of ether oxygens (including phenoxy) is 1. The molecule has 0 radical (unpaired) electrons. The van der Waals surface area contributed by atoms with Gasteiger partial charge in [-0.1, -0.05) is 0 Å². The quantitative estimate of drug-likeness (QED) is 0.715. The van der Waals surface area contributed by atoms with Crippen LogP contribution < -0.4 is 16.6 Å². The molecule has 0 spiro atoms. The highest BCUT2D eigenvalue weighted by atomic mass is 16.5. The van der Waals surface area contributed by atoms with Gasteiger partial charge in [0.1, 0.15) is 0 Å². The molecule has 20 heavy (non-hydrogen) atoms. The molecule has 4 rings (SSSR count). The van der Waals surface area contributed by atoms with Gasteiger partial charge in [-0.3, -0.25) is 9.78 Å². The fraction of sp³-hybridized carbons (Fsp3) is 0.429. The first-order chi connectivity index (χ1) is 9.69. The molecule has 2 fully saturated rings. The van der Waals surface area contributed by atoms with Gasteiger partial charge in [-0.2, -0.15) is 0 Å². The minimum Gasteiger partial charge on any atom is -0.399 e. The van der Waals surface area contributed by atoms with Gasteiger partial charge in [0.25, 0.3) is 5.56 Å². The number of aromatic nitrogens is 2. The summed E-state index contributed by atoms with van der Waals surface area (Å²) in [5.41, 5.74) is 6.73. The summed E-state index contributed by atoms with van der Waals surface area (Å²) in [6.45, 7) is 0. The third kappa shape index (κ3) is 1.84. The first-order valence-corrected chi connectivity index (χ1v) is 6.90. The van der Waals surface area contributed by atoms with Crippen LogP contribution in [0.5, 0.6) is 0 Å². The van der Waals surface area contributed by atoms with Crippen LogP contribution in [0.2, 0.25) is 0 Å². The van der Waals surface area contributed by atoms with Crippen LogP contribution in [0, 0.1) is 0 Å². The van der Waals surface area contributed by atoms with E-state index in [2.05, 4.69) is 15.3 Å². The van der Waals surface area contributed by atoms with E-state index in [9.17, 15) is 4.79 Å². The lowest BCUT2D eigenvalue weighted by Crippen LogP contribution is -2.32. The Labute approximate surface area is 115 Å². The van der Waals surface area contributed by atoms with E-state index < -0.39 is 0 Å². The summed E-state index contributed by atoms with van der Waals surface area (Å²) >= 11 is 0. The fourth-order valence-electron chi connectivity index (χ4n) is 3.19. The number of nitrogens with one attached hydrogen (secondary N) is 2. The maximum Gasteiger partial charge on any atom is 0.260 e. The summed E-state index contributed by atoms with van der Waals surface area (Å²) in [5.74, 6) is 0.508. The van der Waals surface area contributed by atoms with Gasteiger partial charge in [-0.25, -0.2) is 4.98 Å². The number of rotatable bonds is 2. The Morgan fingerprint density at radius 3 is 3.05 bits per heavy atom. The summed E-state index contributed by atoms with van der Waals surface area (Å²) in [7, 11) is 0. The van der Waals surface area contributed by atoms with E-state index in [1.54, 1.807) is 18.2 Å². The maximum absolute atomic E-state index is 12.1. The second-order valence-electron chi connectivity index (χ2n) is 5.55. The molecule has 2 saturated heterocycles. The lowest BCUT2D eigenvalue weighted by Gasteiger charge is -2.20. The molecule has 2 aliphatic rings. The largest absolute Gasteiger partial charge is 0.399 e. The number of nitrogens with zero attached hydrogens (tertiary/aromatic N) is 1. The van der Waals surface area contributed by atoms with Crippen LogP contribution in [0.1, 0.15) is 19.3 Å². The molecule has 3 unspecified atom stereocenters. The molecule has 1 aromatic carbocycles. The molecule has 4 N–H and O–H groups in total. The lowest BCUT2D eigenvalue weighted by molar-refractivity contribution is 0.102. The highest BCUT2D eigenvalue weighted by molar-refractivity contribution is 5.81. The molecule has 2 bridgehead atoms. The molecule has 104 valence electrons. The Kier molecular flexibility index (Phi) is 2.47. The number of nitrogen functional groups attached to an aromatic ring is 1. The zero-order valence-corrected chi connectivity index (χ0v) is 10.9. The van der Waals surface area contributed by atoms with Gasteiger partial charge in [-0.05, 0) is 37.5 Å². The van der Waals surface area contributed by atoms with E-state index in [1.807, 2.05) is 0 Å². The number of anilines is 2. The summed E-state index contributed by atoms with van der Waals surface area (Å²) in [6, 6.07) is 5.40. The van der Waals surface area contributed by atoms with E-state index in [1.165, 1.54) is 0 Å². The number of H-pyrrole nitrogens is 1. The molecule has 3 atom stereocenters. The van der Waals surface area contributed by atoms with Crippen molar-refractivity contribution in [3.8, 4) is 0 Å². The Hall–Kier alpha value is -2.08. The molecule has 6 nitrogen and oxygen atoms in total. The Morgan fingerprint density at radius 1 is 1.40 bits per heavy atom. The summed E-state index contributed by atoms with van der Waals surface area (Å²) < 4.78 is 5.79. The number of nitrogens with two attached hydrogens (primary N) is 1. The second-order valence-corrected chi connectivity index (χ2v) is 5.55. The normalized spacial score (nSPS) is 28.1. The monoisotopic (exact) mass is 272 g/mol. The third-order valence-electron chi connectivity index (χ3n) is 4.16. The van der Waals surface area contributed by atoms with E-state index in [0.29, 0.717) is 28.6 Å². The molecule has 1 aromatic heterocycles. The number of aromatic amines is 1. The molecule has 0 saturated carbocycles. The van der Waals surface area contributed by atoms with E-state index in [-0.39, 0.29) is 17.7 Å². The van der Waals surface area contributed by atoms with E-state index in [0.717, 1.165) is 19.3 Å². The molecular formula is C14H16N4O2. The van der Waals surface area contributed by atoms with Gasteiger partial charge < -0.3 is 15.8 Å². The highest BCUT2D eigenvalue weighted by Gasteiger charge is 2.40. The van der Waals surface area contributed by atoms with Crippen LogP contribution in [0.3, 0.4) is 0 Å².